The molecule has 11 heteroatoms. The number of anilines is 6. The van der Waals surface area contributed by atoms with E-state index in [0.717, 1.165) is 38.1 Å². The van der Waals surface area contributed by atoms with E-state index in [4.69, 9.17) is 9.47 Å². The number of ether oxygens (including phenoxy) is 2. The molecule has 1 saturated heterocycles. The van der Waals surface area contributed by atoms with E-state index in [1.807, 2.05) is 19.1 Å². The Kier molecular flexibility index (Phi) is 6.66. The maximum Gasteiger partial charge on any atom is 0.229 e. The number of fused-ring (bicyclic) bond motifs is 1. The molecule has 2 aromatic heterocycles. The molecule has 0 radical (unpaired) electrons. The highest BCUT2D eigenvalue weighted by molar-refractivity contribution is 5.70. The van der Waals surface area contributed by atoms with E-state index in [-0.39, 0.29) is 11.8 Å². The summed E-state index contributed by atoms with van der Waals surface area (Å²) in [5.41, 5.74) is 1.80. The Morgan fingerprint density at radius 1 is 1.11 bits per heavy atom. The summed E-state index contributed by atoms with van der Waals surface area (Å²) < 4.78 is 25.9. The lowest BCUT2D eigenvalue weighted by molar-refractivity contribution is 0.312. The predicted octanol–water partition coefficient (Wildman–Crippen LogP) is 3.45. The molecule has 3 aromatic rings. The number of benzene rings is 1. The molecule has 0 saturated carbocycles. The molecule has 35 heavy (non-hydrogen) atoms. The number of piperazine rings is 1. The number of nitrogens with one attached hydrogen (secondary N) is 3. The highest BCUT2D eigenvalue weighted by atomic mass is 19.1. The number of halogens is 1. The van der Waals surface area contributed by atoms with Crippen LogP contribution in [0.3, 0.4) is 0 Å². The molecule has 5 rings (SSSR count). The minimum Gasteiger partial charge on any atom is -0.492 e. The molecule has 1 aromatic carbocycles. The molecule has 0 atom stereocenters. The Labute approximate surface area is 203 Å². The fourth-order valence-corrected chi connectivity index (χ4v) is 4.00. The van der Waals surface area contributed by atoms with Gasteiger partial charge < -0.3 is 35.2 Å². The Bertz CT molecular complexity index is 1190. The number of hydrogen-bond acceptors (Lipinski definition) is 10. The normalized spacial score (nSPS) is 15.6. The molecule has 0 bridgehead atoms. The van der Waals surface area contributed by atoms with Crippen molar-refractivity contribution in [3.8, 4) is 11.5 Å². The van der Waals surface area contributed by atoms with Gasteiger partial charge in [0, 0.05) is 31.9 Å². The first-order valence-corrected chi connectivity index (χ1v) is 11.7. The average Bonchev–Trinajstić information content (AvgIpc) is 2.87. The fourth-order valence-electron chi connectivity index (χ4n) is 4.00. The monoisotopic (exact) mass is 480 g/mol. The third-order valence-corrected chi connectivity index (χ3v) is 5.88. The number of aromatic nitrogens is 3. The molecule has 1 fully saturated rings. The highest BCUT2D eigenvalue weighted by Crippen LogP contribution is 2.33. The van der Waals surface area contributed by atoms with E-state index in [2.05, 4.69) is 53.8 Å². The van der Waals surface area contributed by atoms with E-state index < -0.39 is 5.82 Å². The maximum absolute atomic E-state index is 14.6. The summed E-state index contributed by atoms with van der Waals surface area (Å²) in [6, 6.07) is 9.51. The number of nitrogens with zero attached hydrogens (tertiary/aromatic N) is 5. The summed E-state index contributed by atoms with van der Waals surface area (Å²) in [6.07, 6.45) is 1.13. The van der Waals surface area contributed by atoms with Crippen molar-refractivity contribution in [2.24, 2.45) is 0 Å². The van der Waals surface area contributed by atoms with Crippen LogP contribution >= 0.6 is 0 Å². The van der Waals surface area contributed by atoms with E-state index in [9.17, 15) is 4.39 Å². The molecule has 10 nitrogen and oxygen atoms in total. The van der Waals surface area contributed by atoms with Gasteiger partial charge in [0.15, 0.2) is 23.2 Å². The van der Waals surface area contributed by atoms with Crippen molar-refractivity contribution in [3.63, 3.8) is 0 Å². The topological polar surface area (TPSA) is 99.7 Å². The van der Waals surface area contributed by atoms with Crippen molar-refractivity contribution in [1.29, 1.82) is 0 Å². The summed E-state index contributed by atoms with van der Waals surface area (Å²) >= 11 is 0. The fraction of sp³-hybridized carbons (Fsp3) is 0.375. The summed E-state index contributed by atoms with van der Waals surface area (Å²) in [5, 5.41) is 9.31. The number of likely N-dealkylation sites (N-methyl/N-ethyl adjacent to an activating group) is 1. The van der Waals surface area contributed by atoms with Gasteiger partial charge in [-0.25, -0.2) is 14.4 Å². The van der Waals surface area contributed by atoms with Crippen LogP contribution in [0.2, 0.25) is 0 Å². The molecule has 0 amide bonds. The Morgan fingerprint density at radius 3 is 2.80 bits per heavy atom. The second kappa shape index (κ2) is 10.2. The molecule has 0 aliphatic carbocycles. The van der Waals surface area contributed by atoms with Crippen LogP contribution in [0.4, 0.5) is 39.2 Å². The van der Waals surface area contributed by atoms with Gasteiger partial charge >= 0.3 is 0 Å². The smallest absolute Gasteiger partial charge is 0.229 e. The van der Waals surface area contributed by atoms with Gasteiger partial charge in [-0.05, 0) is 44.3 Å². The van der Waals surface area contributed by atoms with Crippen LogP contribution in [0, 0.1) is 5.82 Å². The summed E-state index contributed by atoms with van der Waals surface area (Å²) in [7, 11) is 2.13. The molecule has 0 unspecified atom stereocenters. The average molecular weight is 481 g/mol. The van der Waals surface area contributed by atoms with Gasteiger partial charge in [0.1, 0.15) is 18.2 Å². The molecular weight excluding hydrogens is 451 g/mol. The van der Waals surface area contributed by atoms with Crippen molar-refractivity contribution in [3.05, 3.63) is 42.3 Å². The molecule has 0 spiro atoms. The second-order valence-corrected chi connectivity index (χ2v) is 8.36. The van der Waals surface area contributed by atoms with Gasteiger partial charge in [0.05, 0.1) is 25.0 Å². The van der Waals surface area contributed by atoms with E-state index in [1.54, 1.807) is 12.1 Å². The number of pyridine rings is 1. The zero-order chi connectivity index (χ0) is 24.2. The zero-order valence-electron chi connectivity index (χ0n) is 19.8. The largest absolute Gasteiger partial charge is 0.492 e. The lowest BCUT2D eigenvalue weighted by Crippen LogP contribution is -2.44. The van der Waals surface area contributed by atoms with Crippen LogP contribution in [0.25, 0.3) is 0 Å². The maximum atomic E-state index is 14.6. The van der Waals surface area contributed by atoms with Crippen LogP contribution in [0.15, 0.2) is 36.5 Å². The predicted molar refractivity (Wildman–Crippen MR) is 134 cm³/mol. The summed E-state index contributed by atoms with van der Waals surface area (Å²) in [6.45, 7) is 7.58. The van der Waals surface area contributed by atoms with Crippen LogP contribution in [-0.2, 0) is 0 Å². The first-order chi connectivity index (χ1) is 17.1. The van der Waals surface area contributed by atoms with Crippen molar-refractivity contribution < 1.29 is 13.9 Å². The quantitative estimate of drug-likeness (QED) is 0.466. The first kappa shape index (κ1) is 22.9. The third kappa shape index (κ3) is 5.29. The van der Waals surface area contributed by atoms with Crippen LogP contribution in [-0.4, -0.2) is 72.8 Å². The molecule has 184 valence electrons. The second-order valence-electron chi connectivity index (χ2n) is 8.36. The molecule has 2 aliphatic rings. The number of rotatable bonds is 7. The van der Waals surface area contributed by atoms with Gasteiger partial charge in [0.2, 0.25) is 5.95 Å². The van der Waals surface area contributed by atoms with Gasteiger partial charge in [-0.15, -0.1) is 0 Å². The van der Waals surface area contributed by atoms with Crippen molar-refractivity contribution >= 4 is 34.8 Å². The van der Waals surface area contributed by atoms with Crippen LogP contribution in [0.5, 0.6) is 11.5 Å². The lowest BCUT2D eigenvalue weighted by Gasteiger charge is -2.34. The van der Waals surface area contributed by atoms with Crippen molar-refractivity contribution in [2.45, 2.75) is 6.92 Å². The molecule has 2 aliphatic heterocycles. The third-order valence-electron chi connectivity index (χ3n) is 5.88. The minimum absolute atomic E-state index is 0.0138. The van der Waals surface area contributed by atoms with Gasteiger partial charge in [-0.3, -0.25) is 0 Å². The minimum atomic E-state index is -0.588. The standard InChI is InChI=1S/C24H29FN8O2/c1-3-34-19-5-4-16(33-11-9-32(2)10-12-33)14-18(19)28-24-27-15-17(25)22(31-24)29-21-7-6-20-23(30-21)26-8-13-35-20/h4-7,14-15H,3,8-13H2,1-2H3,(H3,26,27,28,29,30,31). The molecule has 3 N–H and O–H groups in total. The highest BCUT2D eigenvalue weighted by Gasteiger charge is 2.18. The van der Waals surface area contributed by atoms with E-state index in [0.29, 0.717) is 48.6 Å². The molecular formula is C24H29FN8O2. The Balaban J connectivity index is 1.38. The zero-order valence-corrected chi connectivity index (χ0v) is 19.8. The van der Waals surface area contributed by atoms with Gasteiger partial charge in [-0.1, -0.05) is 0 Å². The molecule has 4 heterocycles. The van der Waals surface area contributed by atoms with Crippen LogP contribution in [0.1, 0.15) is 6.92 Å². The van der Waals surface area contributed by atoms with E-state index in [1.165, 1.54) is 0 Å². The van der Waals surface area contributed by atoms with Crippen molar-refractivity contribution in [1.82, 2.24) is 19.9 Å². The summed E-state index contributed by atoms with van der Waals surface area (Å²) in [5.74, 6) is 2.06. The van der Waals surface area contributed by atoms with Gasteiger partial charge in [-0.2, -0.15) is 4.98 Å². The Morgan fingerprint density at radius 2 is 1.97 bits per heavy atom. The van der Waals surface area contributed by atoms with Gasteiger partial charge in [0.25, 0.3) is 0 Å². The van der Waals surface area contributed by atoms with Crippen LogP contribution < -0.4 is 30.3 Å². The van der Waals surface area contributed by atoms with Crippen molar-refractivity contribution in [2.75, 3.05) is 73.8 Å². The summed E-state index contributed by atoms with van der Waals surface area (Å²) in [4.78, 5) is 17.6. The first-order valence-electron chi connectivity index (χ1n) is 11.7. The SMILES string of the molecule is CCOc1ccc(N2CCN(C)CC2)cc1Nc1ncc(F)c(Nc2ccc3c(n2)NCCO3)n1. The van der Waals surface area contributed by atoms with E-state index >= 15 is 0 Å². The number of hydrogen-bond donors (Lipinski definition) is 3. The lowest BCUT2D eigenvalue weighted by atomic mass is 10.2. The Hall–Kier alpha value is -3.86.